The molecule has 3 nitrogen and oxygen atoms in total. The van der Waals surface area contributed by atoms with Gasteiger partial charge in [-0.2, -0.15) is 13.5 Å². The Balaban J connectivity index is -0.000000180. The number of hydrogen-bond acceptors (Lipinski definition) is 3. The molecule has 1 aromatic carbocycles. The Morgan fingerprint density at radius 3 is 1.95 bits per heavy atom. The van der Waals surface area contributed by atoms with Gasteiger partial charge in [0.25, 0.3) is 0 Å². The summed E-state index contributed by atoms with van der Waals surface area (Å²) in [5.41, 5.74) is 1.19. The van der Waals surface area contributed by atoms with Gasteiger partial charge in [0, 0.05) is 1.43 Å². The Kier molecular flexibility index (Phi) is 16.1. The number of carbonyl (C=O) groups is 2. The molecular weight excluding hydrogens is 296 g/mol. The maximum Gasteiger partial charge on any atom is 0.317 e. The highest BCUT2D eigenvalue weighted by Crippen LogP contribution is 2.32. The van der Waals surface area contributed by atoms with Crippen molar-refractivity contribution in [3.05, 3.63) is 35.9 Å². The van der Waals surface area contributed by atoms with Crippen molar-refractivity contribution in [1.29, 1.82) is 0 Å². The van der Waals surface area contributed by atoms with E-state index in [0.717, 1.165) is 0 Å². The van der Waals surface area contributed by atoms with E-state index in [1.54, 1.807) is 6.92 Å². The van der Waals surface area contributed by atoms with Crippen molar-refractivity contribution in [3.63, 3.8) is 0 Å². The van der Waals surface area contributed by atoms with Crippen molar-refractivity contribution in [2.24, 2.45) is 11.8 Å². The number of rotatable bonds is 3. The monoisotopic (exact) mass is 334 g/mol. The van der Waals surface area contributed by atoms with Crippen molar-refractivity contribution >= 4 is 25.4 Å². The molecule has 1 aromatic rings. The molecule has 0 aliphatic carbocycles. The van der Waals surface area contributed by atoms with Crippen molar-refractivity contribution in [1.82, 2.24) is 0 Å². The Morgan fingerprint density at radius 1 is 1.05 bits per heavy atom. The molecule has 3 atom stereocenters. The second kappa shape index (κ2) is 12.3. The highest BCUT2D eigenvalue weighted by molar-refractivity contribution is 7.59. The molecule has 0 saturated carbocycles. The predicted octanol–water partition coefficient (Wildman–Crippen LogP) is 5.42. The Hall–Kier alpha value is -1.29. The van der Waals surface area contributed by atoms with E-state index in [1.807, 2.05) is 30.3 Å². The van der Waals surface area contributed by atoms with Crippen LogP contribution >= 0.6 is 13.5 Å². The molecule has 0 amide bonds. The summed E-state index contributed by atoms with van der Waals surface area (Å²) in [4.78, 5) is 22.8. The van der Waals surface area contributed by atoms with Gasteiger partial charge < -0.3 is 4.74 Å². The predicted molar refractivity (Wildman–Crippen MR) is 103 cm³/mol. The van der Waals surface area contributed by atoms with Gasteiger partial charge in [0.2, 0.25) is 0 Å². The molecule has 1 aliphatic heterocycles. The van der Waals surface area contributed by atoms with Gasteiger partial charge in [0.15, 0.2) is 0 Å². The first-order chi connectivity index (χ1) is 8.09. The minimum Gasteiger partial charge on any atom is -0.393 e. The standard InChI is InChI=1S/C14H16O3.4CH4.H2S.H2/c1-9(11-6-4-3-5-7-11)8-12-10(2)13(15)17-14(12)16;;;;;;/h3-7,9-10,12H,8H2,1-2H3;4*1H4;1H2;1H/i;;;;;;1+2. The molecule has 0 radical (unpaired) electrons. The van der Waals surface area contributed by atoms with E-state index in [0.29, 0.717) is 6.42 Å². The van der Waals surface area contributed by atoms with Crippen LogP contribution in [0.2, 0.25) is 0 Å². The van der Waals surface area contributed by atoms with Gasteiger partial charge in [0.05, 0.1) is 11.8 Å². The largest absolute Gasteiger partial charge is 0.393 e. The first kappa shape index (κ1) is 28.8. The molecule has 3 unspecified atom stereocenters. The molecule has 1 aliphatic rings. The molecule has 4 heteroatoms. The van der Waals surface area contributed by atoms with Gasteiger partial charge in [-0.1, -0.05) is 73.9 Å². The third kappa shape index (κ3) is 6.22. The number of benzene rings is 1. The first-order valence-electron chi connectivity index (χ1n) is 5.90. The third-order valence-electron chi connectivity index (χ3n) is 3.46. The zero-order valence-corrected chi connectivity index (χ0v) is 11.6. The summed E-state index contributed by atoms with van der Waals surface area (Å²) in [7, 11) is 0. The van der Waals surface area contributed by atoms with Crippen LogP contribution in [0.25, 0.3) is 0 Å². The quantitative estimate of drug-likeness (QED) is 0.547. The normalized spacial score (nSPS) is 19.9. The summed E-state index contributed by atoms with van der Waals surface area (Å²) in [5, 5.41) is 0. The van der Waals surface area contributed by atoms with Crippen LogP contribution in [0.3, 0.4) is 0 Å². The maximum atomic E-state index is 11.5. The van der Waals surface area contributed by atoms with Crippen LogP contribution in [0.15, 0.2) is 30.3 Å². The van der Waals surface area contributed by atoms with Crippen molar-refractivity contribution < 1.29 is 15.8 Å². The average Bonchev–Trinajstić information content (AvgIpc) is 2.57. The lowest BCUT2D eigenvalue weighted by Crippen LogP contribution is -2.17. The van der Waals surface area contributed by atoms with Crippen molar-refractivity contribution in [2.45, 2.75) is 55.9 Å². The molecule has 0 aromatic heterocycles. The molecule has 0 bridgehead atoms. The zero-order chi connectivity index (χ0) is 12.4. The molecule has 0 N–H and O–H groups in total. The fourth-order valence-corrected chi connectivity index (χ4v) is 2.24. The lowest BCUT2D eigenvalue weighted by Gasteiger charge is -2.16. The molecule has 2 rings (SSSR count). The summed E-state index contributed by atoms with van der Waals surface area (Å²) in [6, 6.07) is 10.0. The number of cyclic esters (lactones) is 2. The third-order valence-corrected chi connectivity index (χ3v) is 3.46. The van der Waals surface area contributed by atoms with Crippen LogP contribution < -0.4 is 0 Å². The molecule has 1 heterocycles. The topological polar surface area (TPSA) is 43.4 Å². The van der Waals surface area contributed by atoms with E-state index in [2.05, 4.69) is 11.7 Å². The SMILES string of the molecule is C.C.C.C.CC(CC1C(=O)OC(=O)C1C)c1ccccc1.S.[3HH]. The zero-order valence-electron chi connectivity index (χ0n) is 10.6. The number of ether oxygens (including phenoxy) is 1. The van der Waals surface area contributed by atoms with Crippen LogP contribution in [0, 0.1) is 11.8 Å². The van der Waals surface area contributed by atoms with E-state index in [4.69, 9.17) is 0 Å². The van der Waals surface area contributed by atoms with Gasteiger partial charge in [-0.3, -0.25) is 9.59 Å². The molecule has 132 valence electrons. The van der Waals surface area contributed by atoms with E-state index in [-0.39, 0.29) is 74.3 Å². The Morgan fingerprint density at radius 2 is 1.55 bits per heavy atom. The number of esters is 2. The fraction of sp³-hybridized carbons (Fsp3) is 0.556. The minimum atomic E-state index is -0.389. The van der Waals surface area contributed by atoms with E-state index in [1.165, 1.54) is 5.56 Å². The lowest BCUT2D eigenvalue weighted by atomic mass is 9.85. The van der Waals surface area contributed by atoms with Gasteiger partial charge >= 0.3 is 11.9 Å². The average molecular weight is 335 g/mol. The second-order valence-electron chi connectivity index (χ2n) is 4.68. The number of carbonyl (C=O) groups excluding carboxylic acids is 2. The highest BCUT2D eigenvalue weighted by Gasteiger charge is 2.41. The summed E-state index contributed by atoms with van der Waals surface area (Å²) in [6.07, 6.45) is 0.662. The van der Waals surface area contributed by atoms with E-state index in [9.17, 15) is 9.59 Å². The van der Waals surface area contributed by atoms with Crippen molar-refractivity contribution in [2.75, 3.05) is 0 Å². The van der Waals surface area contributed by atoms with E-state index < -0.39 is 0 Å². The fourth-order valence-electron chi connectivity index (χ4n) is 2.24. The van der Waals surface area contributed by atoms with Gasteiger partial charge in [-0.15, -0.1) is 0 Å². The molecule has 22 heavy (non-hydrogen) atoms. The van der Waals surface area contributed by atoms with Crippen LogP contribution in [0.1, 0.15) is 62.9 Å². The molecule has 1 saturated heterocycles. The molecular formula is C18H36O3S. The first-order valence-corrected chi connectivity index (χ1v) is 5.90. The summed E-state index contributed by atoms with van der Waals surface area (Å²) < 4.78 is 4.64. The van der Waals surface area contributed by atoms with Gasteiger partial charge in [0.1, 0.15) is 0 Å². The minimum absolute atomic E-state index is 0. The van der Waals surface area contributed by atoms with Gasteiger partial charge in [-0.05, 0) is 17.9 Å². The summed E-state index contributed by atoms with van der Waals surface area (Å²) in [5.74, 6) is -1.11. The molecule has 1 fully saturated rings. The van der Waals surface area contributed by atoms with Crippen LogP contribution in [0.4, 0.5) is 0 Å². The van der Waals surface area contributed by atoms with Crippen LogP contribution in [0.5, 0.6) is 0 Å². The number of hydrogen-bond donors (Lipinski definition) is 0. The highest BCUT2D eigenvalue weighted by atomic mass is 32.1. The Labute approximate surface area is 145 Å². The summed E-state index contributed by atoms with van der Waals surface area (Å²) in [6.45, 7) is 3.83. The molecule has 0 spiro atoms. The smallest absolute Gasteiger partial charge is 0.317 e. The van der Waals surface area contributed by atoms with Crippen LogP contribution in [-0.4, -0.2) is 11.9 Å². The van der Waals surface area contributed by atoms with Gasteiger partial charge in [-0.25, -0.2) is 0 Å². The maximum absolute atomic E-state index is 11.5. The van der Waals surface area contributed by atoms with Crippen molar-refractivity contribution in [3.8, 4) is 0 Å². The second-order valence-corrected chi connectivity index (χ2v) is 4.68. The van der Waals surface area contributed by atoms with E-state index >= 15 is 0 Å². The van der Waals surface area contributed by atoms with Crippen LogP contribution in [-0.2, 0) is 14.3 Å². The Bertz CT molecular complexity index is 437. The lowest BCUT2D eigenvalue weighted by molar-refractivity contribution is -0.153. The summed E-state index contributed by atoms with van der Waals surface area (Å²) >= 11 is 0.